The first-order valence-electron chi connectivity index (χ1n) is 13.0. The fourth-order valence-corrected chi connectivity index (χ4v) is 6.14. The van der Waals surface area contributed by atoms with Gasteiger partial charge in [-0.15, -0.1) is 0 Å². The predicted octanol–water partition coefficient (Wildman–Crippen LogP) is 2.43. The van der Waals surface area contributed by atoms with Gasteiger partial charge in [0, 0.05) is 30.1 Å². The Labute approximate surface area is 235 Å². The zero-order valence-corrected chi connectivity index (χ0v) is 22.0. The van der Waals surface area contributed by atoms with Gasteiger partial charge in [0.1, 0.15) is 11.8 Å². The monoisotopic (exact) mass is 555 g/mol. The first-order chi connectivity index (χ1) is 19.6. The highest BCUT2D eigenvalue weighted by Gasteiger charge is 2.71. The third-order valence-electron chi connectivity index (χ3n) is 7.77. The minimum Gasteiger partial charge on any atom is -0.450 e. The van der Waals surface area contributed by atoms with E-state index in [1.54, 1.807) is 35.2 Å². The molecular weight excluding hydrogens is 526 g/mol. The quantitative estimate of drug-likeness (QED) is 0.134. The Morgan fingerprint density at radius 3 is 2.07 bits per heavy atom. The van der Waals surface area contributed by atoms with E-state index in [9.17, 15) is 24.3 Å². The number of primary amides is 1. The summed E-state index contributed by atoms with van der Waals surface area (Å²) in [5, 5.41) is 17.8. The number of ether oxygens (including phenoxy) is 1. The highest BCUT2D eigenvalue weighted by atomic mass is 16.7. The second-order valence-corrected chi connectivity index (χ2v) is 10.1. The lowest BCUT2D eigenvalue weighted by molar-refractivity contribution is -0.158. The number of anilines is 1. The summed E-state index contributed by atoms with van der Waals surface area (Å²) in [7, 11) is 0. The van der Waals surface area contributed by atoms with Gasteiger partial charge in [0.2, 0.25) is 23.4 Å². The molecule has 3 aromatic rings. The number of hydrogen-bond acceptors (Lipinski definition) is 7. The number of carboxylic acid groups (broad SMARTS) is 1. The van der Waals surface area contributed by atoms with E-state index in [2.05, 4.69) is 0 Å². The summed E-state index contributed by atoms with van der Waals surface area (Å²) in [6.07, 6.45) is -1.58. The molecule has 3 amide bonds. The predicted molar refractivity (Wildman–Crippen MR) is 149 cm³/mol. The molecule has 4 atom stereocenters. The van der Waals surface area contributed by atoms with Crippen LogP contribution in [0.25, 0.3) is 0 Å². The number of nitrogen functional groups attached to an aromatic ring is 1. The lowest BCUT2D eigenvalue weighted by Gasteiger charge is -2.42. The zero-order chi connectivity index (χ0) is 29.3. The molecule has 210 valence electrons. The maximum absolute atomic E-state index is 14.3. The molecule has 0 saturated carbocycles. The van der Waals surface area contributed by atoms with E-state index in [1.165, 1.54) is 24.3 Å². The summed E-state index contributed by atoms with van der Waals surface area (Å²) in [4.78, 5) is 55.5. The summed E-state index contributed by atoms with van der Waals surface area (Å²) in [6, 6.07) is 23.1. The van der Waals surface area contributed by atoms with Crippen LogP contribution in [-0.4, -0.2) is 52.3 Å². The average molecular weight is 556 g/mol. The molecule has 6 N–H and O–H groups in total. The molecular formula is C30H29N5O6. The number of imide groups is 1. The van der Waals surface area contributed by atoms with Gasteiger partial charge >= 0.3 is 6.16 Å². The largest absolute Gasteiger partial charge is 0.507 e. The average Bonchev–Trinajstić information content (AvgIpc) is 3.37. The van der Waals surface area contributed by atoms with Crippen LogP contribution in [-0.2, 0) is 31.3 Å². The maximum Gasteiger partial charge on any atom is 0.507 e. The van der Waals surface area contributed by atoms with Crippen LogP contribution >= 0.6 is 0 Å². The summed E-state index contributed by atoms with van der Waals surface area (Å²) in [5.74, 6) is -4.25. The molecule has 0 radical (unpaired) electrons. The van der Waals surface area contributed by atoms with Crippen LogP contribution < -0.4 is 16.4 Å². The van der Waals surface area contributed by atoms with Crippen molar-refractivity contribution in [3.8, 4) is 0 Å². The number of carbonyl (C=O) groups excluding carboxylic acids is 3. The molecule has 0 aliphatic carbocycles. The van der Waals surface area contributed by atoms with E-state index >= 15 is 0 Å². The third-order valence-corrected chi connectivity index (χ3v) is 7.77. The Morgan fingerprint density at radius 2 is 1.51 bits per heavy atom. The van der Waals surface area contributed by atoms with Gasteiger partial charge in [-0.2, -0.15) is 0 Å². The Balaban J connectivity index is 1.75. The van der Waals surface area contributed by atoms with Crippen LogP contribution in [0.3, 0.4) is 0 Å². The minimum absolute atomic E-state index is 0.0759. The number of rotatable bonds is 9. The van der Waals surface area contributed by atoms with Crippen molar-refractivity contribution in [3.63, 3.8) is 0 Å². The summed E-state index contributed by atoms with van der Waals surface area (Å²) in [5.41, 5.74) is 11.0. The molecule has 0 spiro atoms. The van der Waals surface area contributed by atoms with Crippen molar-refractivity contribution in [2.24, 2.45) is 23.3 Å². The highest BCUT2D eigenvalue weighted by molar-refractivity contribution is 6.23. The molecule has 2 aliphatic heterocycles. The minimum atomic E-state index is -1.99. The molecule has 2 fully saturated rings. The van der Waals surface area contributed by atoms with Crippen LogP contribution in [0.1, 0.15) is 23.1 Å². The SMILES string of the molecule is N=C(N)c1ccc(C2(OC(=O)O)C3C(=O)N(c4ccccc4)C(=O)C3C(Cc3ccccc3)N2CCC(N)=O)cc1. The standard InChI is InChI=1S/C30H29N5O6/c31-23(36)15-16-34-22(17-18-7-3-1-4-8-18)24-25(28(38)35(27(24)37)21-9-5-2-6-10-21)30(34,41-29(39)40)20-13-11-19(12-14-20)26(32)33/h1-14,22,24-25H,15-17H2,(H2,31,36)(H3,32,33)(H,39,40). The smallest absolute Gasteiger partial charge is 0.450 e. The van der Waals surface area contributed by atoms with Gasteiger partial charge in [0.05, 0.1) is 11.6 Å². The second-order valence-electron chi connectivity index (χ2n) is 10.1. The molecule has 2 saturated heterocycles. The van der Waals surface area contributed by atoms with Gasteiger partial charge in [-0.05, 0) is 24.1 Å². The first kappa shape index (κ1) is 27.5. The Kier molecular flexibility index (Phi) is 7.29. The number of carbonyl (C=O) groups is 4. The zero-order valence-electron chi connectivity index (χ0n) is 22.0. The number of hydrogen-bond donors (Lipinski definition) is 4. The number of fused-ring (bicyclic) bond motifs is 1. The van der Waals surface area contributed by atoms with Gasteiger partial charge in [0.15, 0.2) is 0 Å². The summed E-state index contributed by atoms with van der Waals surface area (Å²) in [6.45, 7) is -0.0759. The van der Waals surface area contributed by atoms with Crippen molar-refractivity contribution in [3.05, 3.63) is 102 Å². The highest BCUT2D eigenvalue weighted by Crippen LogP contribution is 2.56. The molecule has 11 nitrogen and oxygen atoms in total. The fraction of sp³-hybridized carbons (Fsp3) is 0.233. The number of nitrogens with one attached hydrogen (secondary N) is 1. The number of para-hydroxylation sites is 1. The normalized spacial score (nSPS) is 23.8. The van der Waals surface area contributed by atoms with E-state index < -0.39 is 47.5 Å². The molecule has 4 unspecified atom stereocenters. The van der Waals surface area contributed by atoms with Crippen LogP contribution in [0.15, 0.2) is 84.9 Å². The van der Waals surface area contributed by atoms with Crippen molar-refractivity contribution < 1.29 is 29.0 Å². The fourth-order valence-electron chi connectivity index (χ4n) is 6.14. The van der Waals surface area contributed by atoms with Crippen LogP contribution in [0.4, 0.5) is 10.5 Å². The van der Waals surface area contributed by atoms with E-state index in [1.807, 2.05) is 30.3 Å². The topological polar surface area (TPSA) is 180 Å². The summed E-state index contributed by atoms with van der Waals surface area (Å²) < 4.78 is 5.72. The number of nitrogens with two attached hydrogens (primary N) is 2. The van der Waals surface area contributed by atoms with E-state index in [-0.39, 0.29) is 30.8 Å². The summed E-state index contributed by atoms with van der Waals surface area (Å²) >= 11 is 0. The molecule has 2 heterocycles. The molecule has 11 heteroatoms. The number of nitrogens with zero attached hydrogens (tertiary/aromatic N) is 2. The first-order valence-corrected chi connectivity index (χ1v) is 13.0. The molecule has 2 aliphatic rings. The maximum atomic E-state index is 14.3. The Morgan fingerprint density at radius 1 is 0.902 bits per heavy atom. The van der Waals surface area contributed by atoms with Gasteiger partial charge in [-0.3, -0.25) is 24.7 Å². The molecule has 0 bridgehead atoms. The van der Waals surface area contributed by atoms with Gasteiger partial charge in [-0.25, -0.2) is 9.69 Å². The Hall–Kier alpha value is -5.03. The molecule has 5 rings (SSSR count). The molecule has 0 aromatic heterocycles. The number of benzene rings is 3. The van der Waals surface area contributed by atoms with Crippen LogP contribution in [0, 0.1) is 17.2 Å². The lowest BCUT2D eigenvalue weighted by Crippen LogP contribution is -2.55. The van der Waals surface area contributed by atoms with E-state index in [4.69, 9.17) is 21.6 Å². The molecule has 3 aromatic carbocycles. The van der Waals surface area contributed by atoms with Crippen molar-refractivity contribution in [2.45, 2.75) is 24.6 Å². The van der Waals surface area contributed by atoms with Crippen molar-refractivity contribution in [1.29, 1.82) is 5.41 Å². The number of amides is 3. The lowest BCUT2D eigenvalue weighted by atomic mass is 9.82. The third kappa shape index (κ3) is 4.80. The van der Waals surface area contributed by atoms with Crippen molar-refractivity contribution in [2.75, 3.05) is 11.4 Å². The van der Waals surface area contributed by atoms with Crippen molar-refractivity contribution in [1.82, 2.24) is 4.90 Å². The second kappa shape index (κ2) is 10.9. The van der Waals surface area contributed by atoms with E-state index in [0.717, 1.165) is 10.5 Å². The van der Waals surface area contributed by atoms with Crippen LogP contribution in [0.2, 0.25) is 0 Å². The van der Waals surface area contributed by atoms with Gasteiger partial charge in [0.25, 0.3) is 0 Å². The van der Waals surface area contributed by atoms with Crippen LogP contribution in [0.5, 0.6) is 0 Å². The number of likely N-dealkylation sites (tertiary alicyclic amines) is 1. The molecule has 41 heavy (non-hydrogen) atoms. The van der Waals surface area contributed by atoms with E-state index in [0.29, 0.717) is 11.3 Å². The van der Waals surface area contributed by atoms with Gasteiger partial charge in [-0.1, -0.05) is 72.8 Å². The number of amidine groups is 1. The van der Waals surface area contributed by atoms with Crippen molar-refractivity contribution >= 4 is 35.4 Å². The Bertz CT molecular complexity index is 1500. The van der Waals surface area contributed by atoms with Gasteiger partial charge < -0.3 is 21.3 Å².